The lowest BCUT2D eigenvalue weighted by atomic mass is 9.87. The molecule has 5 rings (SSSR count). The second-order valence-electron chi connectivity index (χ2n) is 10.4. The Balaban J connectivity index is 1.43. The summed E-state index contributed by atoms with van der Waals surface area (Å²) in [7, 11) is -3.58. The fourth-order valence-electron chi connectivity index (χ4n) is 4.60. The highest BCUT2D eigenvalue weighted by molar-refractivity contribution is 7.89. The van der Waals surface area contributed by atoms with Crippen LogP contribution in [0, 0.1) is 13.8 Å². The van der Waals surface area contributed by atoms with Gasteiger partial charge in [0.15, 0.2) is 11.6 Å². The lowest BCUT2D eigenvalue weighted by molar-refractivity contribution is 0.383. The number of rotatable bonds is 4. The number of sulfonamides is 1. The Bertz CT molecular complexity index is 1510. The third-order valence-corrected chi connectivity index (χ3v) is 8.55. The van der Waals surface area contributed by atoms with Crippen LogP contribution in [0.1, 0.15) is 37.7 Å². The van der Waals surface area contributed by atoms with Gasteiger partial charge < -0.3 is 4.90 Å². The van der Waals surface area contributed by atoms with Crippen LogP contribution in [0.25, 0.3) is 16.9 Å². The smallest absolute Gasteiger partial charge is 0.243 e. The lowest BCUT2D eigenvalue weighted by Gasteiger charge is -2.35. The molecule has 2 aromatic heterocycles. The van der Waals surface area contributed by atoms with Gasteiger partial charge in [0.1, 0.15) is 0 Å². The number of fused-ring (bicyclic) bond motifs is 1. The average Bonchev–Trinajstić information content (AvgIpc) is 3.20. The molecule has 188 valence electrons. The number of hydrogen-bond acceptors (Lipinski definition) is 6. The summed E-state index contributed by atoms with van der Waals surface area (Å²) in [6.07, 6.45) is 0. The molecule has 1 aliphatic rings. The average molecular weight is 505 g/mol. The summed E-state index contributed by atoms with van der Waals surface area (Å²) in [4.78, 5) is 12.3. The maximum absolute atomic E-state index is 13.4. The van der Waals surface area contributed by atoms with Gasteiger partial charge in [0.05, 0.1) is 21.6 Å². The molecule has 0 N–H and O–H groups in total. The van der Waals surface area contributed by atoms with Gasteiger partial charge in [-0.3, -0.25) is 0 Å². The van der Waals surface area contributed by atoms with E-state index in [0.717, 1.165) is 28.0 Å². The van der Waals surface area contributed by atoms with E-state index >= 15 is 0 Å². The van der Waals surface area contributed by atoms with Crippen LogP contribution in [0.2, 0.25) is 0 Å². The second kappa shape index (κ2) is 8.97. The zero-order valence-corrected chi connectivity index (χ0v) is 22.2. The minimum atomic E-state index is -3.58. The molecule has 2 aromatic carbocycles. The zero-order valence-electron chi connectivity index (χ0n) is 21.4. The van der Waals surface area contributed by atoms with Gasteiger partial charge in [-0.2, -0.15) is 9.40 Å². The van der Waals surface area contributed by atoms with Crippen LogP contribution >= 0.6 is 0 Å². The monoisotopic (exact) mass is 504 g/mol. The molecule has 1 fully saturated rings. The largest absolute Gasteiger partial charge is 0.351 e. The third kappa shape index (κ3) is 4.49. The van der Waals surface area contributed by atoms with E-state index in [1.165, 1.54) is 0 Å². The Hall–Kier alpha value is -3.30. The van der Waals surface area contributed by atoms with E-state index in [0.29, 0.717) is 42.7 Å². The number of para-hydroxylation sites is 2. The number of nitrogens with zero attached hydrogens (tertiary/aromatic N) is 6. The molecule has 4 aromatic rings. The first-order chi connectivity index (χ1) is 17.0. The highest BCUT2D eigenvalue weighted by atomic mass is 32.2. The Kier molecular flexibility index (Phi) is 6.08. The Morgan fingerprint density at radius 2 is 1.39 bits per heavy atom. The highest BCUT2D eigenvalue weighted by Gasteiger charge is 2.31. The highest BCUT2D eigenvalue weighted by Crippen LogP contribution is 2.28. The van der Waals surface area contributed by atoms with Crippen LogP contribution in [-0.4, -0.2) is 58.7 Å². The van der Waals surface area contributed by atoms with E-state index < -0.39 is 10.0 Å². The van der Waals surface area contributed by atoms with Crippen molar-refractivity contribution in [2.45, 2.75) is 44.9 Å². The molecule has 0 atom stereocenters. The molecule has 0 spiro atoms. The molecule has 1 aliphatic heterocycles. The van der Waals surface area contributed by atoms with Crippen molar-refractivity contribution in [3.63, 3.8) is 0 Å². The van der Waals surface area contributed by atoms with Gasteiger partial charge >= 0.3 is 0 Å². The number of benzene rings is 2. The van der Waals surface area contributed by atoms with Gasteiger partial charge in [0, 0.05) is 31.9 Å². The minimum absolute atomic E-state index is 0.0298. The molecule has 1 saturated heterocycles. The summed E-state index contributed by atoms with van der Waals surface area (Å²) >= 11 is 0. The summed E-state index contributed by atoms with van der Waals surface area (Å²) in [5.74, 6) is 1.37. The summed E-state index contributed by atoms with van der Waals surface area (Å²) in [6, 6.07) is 17.0. The first-order valence-electron chi connectivity index (χ1n) is 12.2. The molecule has 0 saturated carbocycles. The number of anilines is 1. The van der Waals surface area contributed by atoms with Gasteiger partial charge in [-0.25, -0.2) is 23.1 Å². The van der Waals surface area contributed by atoms with Crippen molar-refractivity contribution in [3.8, 4) is 5.82 Å². The summed E-state index contributed by atoms with van der Waals surface area (Å²) in [6.45, 7) is 12.1. The molecule has 0 bridgehead atoms. The predicted octanol–water partition coefficient (Wildman–Crippen LogP) is 4.24. The minimum Gasteiger partial charge on any atom is -0.351 e. The van der Waals surface area contributed by atoms with E-state index in [9.17, 15) is 8.42 Å². The summed E-state index contributed by atoms with van der Waals surface area (Å²) in [5.41, 5.74) is 4.55. The molecule has 9 heteroatoms. The van der Waals surface area contributed by atoms with Crippen molar-refractivity contribution in [1.82, 2.24) is 24.1 Å². The lowest BCUT2D eigenvalue weighted by Crippen LogP contribution is -2.49. The van der Waals surface area contributed by atoms with Gasteiger partial charge in [0.2, 0.25) is 10.0 Å². The van der Waals surface area contributed by atoms with Crippen molar-refractivity contribution in [2.24, 2.45) is 0 Å². The molecule has 0 aliphatic carbocycles. The zero-order chi connectivity index (χ0) is 25.7. The molecule has 0 amide bonds. The Labute approximate surface area is 212 Å². The number of aryl methyl sites for hydroxylation is 2. The van der Waals surface area contributed by atoms with E-state index in [1.807, 2.05) is 61.0 Å². The maximum atomic E-state index is 13.4. The van der Waals surface area contributed by atoms with Crippen LogP contribution in [0.4, 0.5) is 5.82 Å². The van der Waals surface area contributed by atoms with Crippen LogP contribution < -0.4 is 4.90 Å². The molecular weight excluding hydrogens is 472 g/mol. The van der Waals surface area contributed by atoms with Gasteiger partial charge in [-0.1, -0.05) is 45.0 Å². The normalized spacial score (nSPS) is 15.5. The predicted molar refractivity (Wildman–Crippen MR) is 142 cm³/mol. The summed E-state index contributed by atoms with van der Waals surface area (Å²) in [5, 5.41) is 4.64. The van der Waals surface area contributed by atoms with Crippen molar-refractivity contribution >= 4 is 26.9 Å². The third-order valence-electron chi connectivity index (χ3n) is 6.64. The van der Waals surface area contributed by atoms with Gasteiger partial charge in [-0.15, -0.1) is 0 Å². The number of hydrogen-bond donors (Lipinski definition) is 0. The number of aromatic nitrogens is 4. The standard InChI is InChI=1S/C27H32N6O2S/c1-19-18-20(2)33(30-19)26-25(28-23-8-6-7-9-24(23)29-26)31-14-16-32(17-15-31)36(34,35)22-12-10-21(11-13-22)27(3,4)5/h6-13,18H,14-17H2,1-5H3. The molecular formula is C27H32N6O2S. The van der Waals surface area contributed by atoms with Gasteiger partial charge in [0.25, 0.3) is 0 Å². The molecule has 0 unspecified atom stereocenters. The van der Waals surface area contributed by atoms with Crippen molar-refractivity contribution in [2.75, 3.05) is 31.1 Å². The molecule has 36 heavy (non-hydrogen) atoms. The van der Waals surface area contributed by atoms with Crippen molar-refractivity contribution < 1.29 is 8.42 Å². The van der Waals surface area contributed by atoms with Crippen LogP contribution in [0.5, 0.6) is 0 Å². The first kappa shape index (κ1) is 24.4. The maximum Gasteiger partial charge on any atom is 0.243 e. The van der Waals surface area contributed by atoms with Gasteiger partial charge in [-0.05, 0) is 55.2 Å². The topological polar surface area (TPSA) is 84.2 Å². The van der Waals surface area contributed by atoms with Crippen molar-refractivity contribution in [3.05, 3.63) is 71.5 Å². The Morgan fingerprint density at radius 1 is 0.806 bits per heavy atom. The van der Waals surface area contributed by atoms with E-state index in [-0.39, 0.29) is 5.41 Å². The second-order valence-corrected chi connectivity index (χ2v) is 12.3. The van der Waals surface area contributed by atoms with E-state index in [2.05, 4.69) is 30.8 Å². The summed E-state index contributed by atoms with van der Waals surface area (Å²) < 4.78 is 30.1. The van der Waals surface area contributed by atoms with E-state index in [4.69, 9.17) is 9.97 Å². The van der Waals surface area contributed by atoms with E-state index in [1.54, 1.807) is 16.4 Å². The molecule has 8 nitrogen and oxygen atoms in total. The van der Waals surface area contributed by atoms with Crippen LogP contribution in [-0.2, 0) is 15.4 Å². The van der Waals surface area contributed by atoms with Crippen LogP contribution in [0.3, 0.4) is 0 Å². The van der Waals surface area contributed by atoms with Crippen LogP contribution in [0.15, 0.2) is 59.5 Å². The quantitative estimate of drug-likeness (QED) is 0.413. The number of piperazine rings is 1. The SMILES string of the molecule is Cc1cc(C)n(-c2nc3ccccc3nc2N2CCN(S(=O)(=O)c3ccc(C(C)(C)C)cc3)CC2)n1. The fraction of sp³-hybridized carbons (Fsp3) is 0.370. The molecule has 3 heterocycles. The van der Waals surface area contributed by atoms with Crippen molar-refractivity contribution in [1.29, 1.82) is 0 Å². The fourth-order valence-corrected chi connectivity index (χ4v) is 6.02. The first-order valence-corrected chi connectivity index (χ1v) is 13.6. The molecule has 0 radical (unpaired) electrons. The Morgan fingerprint density at radius 3 is 1.92 bits per heavy atom.